The lowest BCUT2D eigenvalue weighted by Crippen LogP contribution is -2.35. The minimum atomic E-state index is 0.0773. The van der Waals surface area contributed by atoms with Gasteiger partial charge >= 0.3 is 0 Å². The van der Waals surface area contributed by atoms with Crippen molar-refractivity contribution in [1.82, 2.24) is 30.7 Å². The Morgan fingerprint density at radius 3 is 2.86 bits per heavy atom. The van der Waals surface area contributed by atoms with Crippen LogP contribution in [0.5, 0.6) is 0 Å². The van der Waals surface area contributed by atoms with Crippen molar-refractivity contribution in [2.24, 2.45) is 4.99 Å². The second-order valence-electron chi connectivity index (χ2n) is 8.01. The number of hydrogen-bond acceptors (Lipinski definition) is 6. The molecule has 0 radical (unpaired) electrons. The predicted octanol–water partition coefficient (Wildman–Crippen LogP) is 3.29. The third kappa shape index (κ3) is 3.75. The van der Waals surface area contributed by atoms with Gasteiger partial charge in [-0.2, -0.15) is 0 Å². The van der Waals surface area contributed by atoms with Gasteiger partial charge in [-0.1, -0.05) is 18.9 Å². The molecule has 1 fully saturated rings. The van der Waals surface area contributed by atoms with Crippen molar-refractivity contribution in [1.29, 1.82) is 0 Å². The van der Waals surface area contributed by atoms with Gasteiger partial charge in [0.2, 0.25) is 0 Å². The van der Waals surface area contributed by atoms with Crippen LogP contribution < -0.4 is 10.7 Å². The van der Waals surface area contributed by atoms with E-state index in [9.17, 15) is 0 Å². The highest BCUT2D eigenvalue weighted by atomic mass is 15.6. The molecule has 1 atom stereocenters. The standard InChI is InChI=1S/C22H27N7/c1-14-6-5-9-18(24-14)22-21(16-10-11-20-25-15(2)28-29(20)13-16)26-19(27-22)12-23-17-7-3-4-8-17/h5-6,9-11,13,15,17,23,28H,3-4,7-8,12H2,1-2H3,(H,26,27). The van der Waals surface area contributed by atoms with Crippen LogP contribution in [0.15, 0.2) is 41.5 Å². The van der Waals surface area contributed by atoms with Gasteiger partial charge in [0.05, 0.1) is 23.6 Å². The smallest absolute Gasteiger partial charge is 0.143 e. The Labute approximate surface area is 171 Å². The van der Waals surface area contributed by atoms with Crippen molar-refractivity contribution in [2.45, 2.75) is 58.3 Å². The third-order valence-electron chi connectivity index (χ3n) is 5.66. The number of nitrogens with zero attached hydrogens (tertiary/aromatic N) is 4. The van der Waals surface area contributed by atoms with Gasteiger partial charge in [-0.3, -0.25) is 9.99 Å². The van der Waals surface area contributed by atoms with Gasteiger partial charge in [0.1, 0.15) is 17.8 Å². The number of pyridine rings is 1. The van der Waals surface area contributed by atoms with Gasteiger partial charge in [0, 0.05) is 23.5 Å². The molecule has 7 heteroatoms. The highest BCUT2D eigenvalue weighted by molar-refractivity contribution is 6.00. The summed E-state index contributed by atoms with van der Waals surface area (Å²) in [6.45, 7) is 4.79. The van der Waals surface area contributed by atoms with Gasteiger partial charge in [-0.25, -0.2) is 15.4 Å². The maximum atomic E-state index is 4.96. The second-order valence-corrected chi connectivity index (χ2v) is 8.01. The molecule has 0 amide bonds. The van der Waals surface area contributed by atoms with Crippen LogP contribution in [0.2, 0.25) is 0 Å². The molecule has 29 heavy (non-hydrogen) atoms. The second kappa shape index (κ2) is 7.57. The molecule has 3 N–H and O–H groups in total. The van der Waals surface area contributed by atoms with Crippen LogP contribution in [-0.4, -0.2) is 38.0 Å². The topological polar surface area (TPSA) is 81.2 Å². The number of fused-ring (bicyclic) bond motifs is 1. The maximum Gasteiger partial charge on any atom is 0.143 e. The Bertz CT molecular complexity index is 994. The van der Waals surface area contributed by atoms with Crippen LogP contribution in [0, 0.1) is 6.92 Å². The van der Waals surface area contributed by atoms with Crippen molar-refractivity contribution in [3.63, 3.8) is 0 Å². The van der Waals surface area contributed by atoms with E-state index in [2.05, 4.69) is 33.0 Å². The lowest BCUT2D eigenvalue weighted by atomic mass is 10.1. The Morgan fingerprint density at radius 1 is 1.17 bits per heavy atom. The van der Waals surface area contributed by atoms with Gasteiger partial charge in [0.15, 0.2) is 0 Å². The lowest BCUT2D eigenvalue weighted by Gasteiger charge is -2.19. The van der Waals surface area contributed by atoms with E-state index in [4.69, 9.17) is 9.97 Å². The molecule has 2 aliphatic heterocycles. The molecule has 0 aromatic carbocycles. The number of aromatic amines is 1. The fourth-order valence-corrected chi connectivity index (χ4v) is 4.22. The average molecular weight is 390 g/mol. The first-order chi connectivity index (χ1) is 14.2. The first kappa shape index (κ1) is 18.3. The summed E-state index contributed by atoms with van der Waals surface area (Å²) >= 11 is 0. The summed E-state index contributed by atoms with van der Waals surface area (Å²) in [5, 5.41) is 5.62. The number of H-pyrrole nitrogens is 1. The molecule has 1 unspecified atom stereocenters. The monoisotopic (exact) mass is 389 g/mol. The van der Waals surface area contributed by atoms with Crippen molar-refractivity contribution in [2.75, 3.05) is 0 Å². The molecule has 1 aliphatic carbocycles. The van der Waals surface area contributed by atoms with Crippen LogP contribution in [0.3, 0.4) is 0 Å². The normalized spacial score (nSPS) is 21.4. The summed E-state index contributed by atoms with van der Waals surface area (Å²) in [4.78, 5) is 17.8. The summed E-state index contributed by atoms with van der Waals surface area (Å²) in [6, 6.07) is 6.69. The molecular formula is C22H27N7. The van der Waals surface area contributed by atoms with E-state index in [0.29, 0.717) is 6.04 Å². The first-order valence-corrected chi connectivity index (χ1v) is 10.5. The molecule has 1 saturated carbocycles. The number of hydrazine groups is 1. The minimum Gasteiger partial charge on any atom is -0.339 e. The van der Waals surface area contributed by atoms with Gasteiger partial charge in [-0.15, -0.1) is 0 Å². The fraction of sp³-hybridized carbons (Fsp3) is 0.409. The Kier molecular flexibility index (Phi) is 4.77. The lowest BCUT2D eigenvalue weighted by molar-refractivity contribution is 0.396. The molecule has 0 saturated heterocycles. The molecule has 2 aromatic heterocycles. The number of nitrogens with one attached hydrogen (secondary N) is 3. The Balaban J connectivity index is 1.48. The number of allylic oxidation sites excluding steroid dienone is 2. The van der Waals surface area contributed by atoms with E-state index in [1.807, 2.05) is 43.1 Å². The van der Waals surface area contributed by atoms with Crippen molar-refractivity contribution < 1.29 is 0 Å². The predicted molar refractivity (Wildman–Crippen MR) is 115 cm³/mol. The highest BCUT2D eigenvalue weighted by Gasteiger charge is 2.24. The molecule has 150 valence electrons. The summed E-state index contributed by atoms with van der Waals surface area (Å²) in [7, 11) is 0. The number of aryl methyl sites for hydroxylation is 1. The molecule has 5 rings (SSSR count). The first-order valence-electron chi connectivity index (χ1n) is 10.5. The SMILES string of the molecule is Cc1cccc(-c2[nH]c(CNC3CCCC3)nc2C2=CN3NC(C)N=C3C=C2)n1. The van der Waals surface area contributed by atoms with Gasteiger partial charge in [0.25, 0.3) is 0 Å². The molecule has 7 nitrogen and oxygen atoms in total. The van der Waals surface area contributed by atoms with Crippen LogP contribution in [0.25, 0.3) is 17.0 Å². The largest absolute Gasteiger partial charge is 0.339 e. The highest BCUT2D eigenvalue weighted by Crippen LogP contribution is 2.29. The summed E-state index contributed by atoms with van der Waals surface area (Å²) in [6.07, 6.45) is 11.4. The molecule has 0 bridgehead atoms. The van der Waals surface area contributed by atoms with E-state index in [1.165, 1.54) is 25.7 Å². The number of imidazole rings is 1. The van der Waals surface area contributed by atoms with Crippen LogP contribution in [-0.2, 0) is 6.54 Å². The van der Waals surface area contributed by atoms with Crippen molar-refractivity contribution in [3.05, 3.63) is 53.8 Å². The molecule has 0 spiro atoms. The Morgan fingerprint density at radius 2 is 2.03 bits per heavy atom. The number of hydrogen-bond donors (Lipinski definition) is 3. The summed E-state index contributed by atoms with van der Waals surface area (Å²) in [5.74, 6) is 1.87. The van der Waals surface area contributed by atoms with Crippen LogP contribution in [0.1, 0.15) is 49.8 Å². The minimum absolute atomic E-state index is 0.0773. The van der Waals surface area contributed by atoms with E-state index in [-0.39, 0.29) is 6.17 Å². The fourth-order valence-electron chi connectivity index (χ4n) is 4.22. The quantitative estimate of drug-likeness (QED) is 0.731. The van der Waals surface area contributed by atoms with Gasteiger partial charge in [-0.05, 0) is 51.0 Å². The maximum absolute atomic E-state index is 4.96. The molecule has 3 aliphatic rings. The van der Waals surface area contributed by atoms with Crippen molar-refractivity contribution in [3.8, 4) is 11.4 Å². The number of rotatable bonds is 5. The van der Waals surface area contributed by atoms with E-state index in [1.54, 1.807) is 0 Å². The zero-order valence-corrected chi connectivity index (χ0v) is 16.9. The van der Waals surface area contributed by atoms with E-state index < -0.39 is 0 Å². The summed E-state index contributed by atoms with van der Waals surface area (Å²) < 4.78 is 0. The van der Waals surface area contributed by atoms with Gasteiger partial charge < -0.3 is 10.3 Å². The number of aromatic nitrogens is 3. The summed E-state index contributed by atoms with van der Waals surface area (Å²) in [5.41, 5.74) is 8.15. The number of amidine groups is 1. The van der Waals surface area contributed by atoms with E-state index in [0.717, 1.165) is 46.6 Å². The zero-order valence-electron chi connectivity index (χ0n) is 16.9. The third-order valence-corrected chi connectivity index (χ3v) is 5.66. The Hall–Kier alpha value is -2.77. The van der Waals surface area contributed by atoms with Crippen molar-refractivity contribution >= 4 is 11.4 Å². The van der Waals surface area contributed by atoms with E-state index >= 15 is 0 Å². The zero-order chi connectivity index (χ0) is 19.8. The molecular weight excluding hydrogens is 362 g/mol. The number of aliphatic imine (C=N–C) groups is 1. The van der Waals surface area contributed by atoms with Crippen LogP contribution >= 0.6 is 0 Å². The molecule has 4 heterocycles. The molecule has 2 aromatic rings. The van der Waals surface area contributed by atoms with Crippen LogP contribution in [0.4, 0.5) is 0 Å². The average Bonchev–Trinajstić information content (AvgIpc) is 3.44.